The van der Waals surface area contributed by atoms with E-state index in [0.717, 1.165) is 5.56 Å². The smallest absolute Gasteiger partial charge is 0.235 e. The summed E-state index contributed by atoms with van der Waals surface area (Å²) in [7, 11) is 1.68. The van der Waals surface area contributed by atoms with E-state index in [9.17, 15) is 9.18 Å². The first kappa shape index (κ1) is 17.0. The van der Waals surface area contributed by atoms with Gasteiger partial charge < -0.3 is 4.90 Å². The summed E-state index contributed by atoms with van der Waals surface area (Å²) in [5.74, 6) is -0.397. The number of nitrogens with zero attached hydrogens (tertiary/aromatic N) is 3. The number of amides is 1. The van der Waals surface area contributed by atoms with Crippen LogP contribution in [0, 0.1) is 17.1 Å². The molecule has 0 aliphatic rings. The second-order valence-electron chi connectivity index (χ2n) is 5.08. The second kappa shape index (κ2) is 7.75. The minimum absolute atomic E-state index is 0.0802. The van der Waals surface area contributed by atoms with Gasteiger partial charge in [-0.2, -0.15) is 5.26 Å². The van der Waals surface area contributed by atoms with E-state index in [1.165, 1.54) is 23.9 Å². The molecule has 0 saturated carbocycles. The van der Waals surface area contributed by atoms with Gasteiger partial charge in [0.2, 0.25) is 5.91 Å². The highest BCUT2D eigenvalue weighted by molar-refractivity contribution is 8.00. The van der Waals surface area contributed by atoms with Gasteiger partial charge in [0.05, 0.1) is 21.9 Å². The van der Waals surface area contributed by atoms with Crippen molar-refractivity contribution < 1.29 is 9.18 Å². The Hall–Kier alpha value is -2.39. The Morgan fingerprint density at radius 2 is 2.22 bits per heavy atom. The Morgan fingerprint density at radius 3 is 2.91 bits per heavy atom. The standard InChI is InChI=1S/C17H16FN3OS/c1-12(23-16-9-13(10-19)6-7-20-16)17(22)21(2)11-14-4-3-5-15(18)8-14/h3-9,12H,11H2,1-2H3. The summed E-state index contributed by atoms with van der Waals surface area (Å²) < 4.78 is 13.2. The van der Waals surface area contributed by atoms with Crippen LogP contribution >= 0.6 is 11.8 Å². The van der Waals surface area contributed by atoms with Crippen LogP contribution in [0.4, 0.5) is 4.39 Å². The number of hydrogen-bond donors (Lipinski definition) is 0. The van der Waals surface area contributed by atoms with Crippen molar-refractivity contribution in [3.63, 3.8) is 0 Å². The predicted octanol–water partition coefficient (Wildman–Crippen LogP) is 3.23. The van der Waals surface area contributed by atoms with Gasteiger partial charge in [-0.15, -0.1) is 0 Å². The molecule has 1 amide bonds. The lowest BCUT2D eigenvalue weighted by Gasteiger charge is -2.21. The van der Waals surface area contributed by atoms with E-state index < -0.39 is 0 Å². The summed E-state index contributed by atoms with van der Waals surface area (Å²) >= 11 is 1.30. The molecule has 1 aromatic carbocycles. The molecule has 0 aliphatic carbocycles. The first-order chi connectivity index (χ1) is 11.0. The number of carbonyl (C=O) groups excluding carboxylic acids is 1. The van der Waals surface area contributed by atoms with Crippen LogP contribution in [0.25, 0.3) is 0 Å². The summed E-state index contributed by atoms with van der Waals surface area (Å²) in [5, 5.41) is 9.16. The third kappa shape index (κ3) is 4.80. The maximum absolute atomic E-state index is 13.2. The highest BCUT2D eigenvalue weighted by Gasteiger charge is 2.19. The Bertz CT molecular complexity index is 745. The fourth-order valence-corrected chi connectivity index (χ4v) is 3.03. The summed E-state index contributed by atoms with van der Waals surface area (Å²) in [6.07, 6.45) is 1.55. The monoisotopic (exact) mass is 329 g/mol. The lowest BCUT2D eigenvalue weighted by molar-refractivity contribution is -0.129. The van der Waals surface area contributed by atoms with Crippen molar-refractivity contribution in [2.45, 2.75) is 23.7 Å². The van der Waals surface area contributed by atoms with Crippen molar-refractivity contribution in [3.05, 3.63) is 59.5 Å². The van der Waals surface area contributed by atoms with Crippen molar-refractivity contribution in [3.8, 4) is 6.07 Å². The fourth-order valence-electron chi connectivity index (χ4n) is 2.07. The van der Waals surface area contributed by atoms with Crippen LogP contribution in [0.15, 0.2) is 47.6 Å². The van der Waals surface area contributed by atoms with Gasteiger partial charge in [-0.25, -0.2) is 9.37 Å². The molecule has 1 aromatic heterocycles. The molecule has 0 N–H and O–H groups in total. The molecule has 1 unspecified atom stereocenters. The van der Waals surface area contributed by atoms with Gasteiger partial charge in [-0.3, -0.25) is 4.79 Å². The maximum atomic E-state index is 13.2. The molecule has 1 atom stereocenters. The number of rotatable bonds is 5. The first-order valence-corrected chi connectivity index (χ1v) is 7.90. The second-order valence-corrected chi connectivity index (χ2v) is 6.44. The number of halogens is 1. The van der Waals surface area contributed by atoms with E-state index in [1.54, 1.807) is 49.3 Å². The molecule has 2 aromatic rings. The molecule has 6 heteroatoms. The van der Waals surface area contributed by atoms with Gasteiger partial charge in [0.1, 0.15) is 5.82 Å². The number of hydrogen-bond acceptors (Lipinski definition) is 4. The van der Waals surface area contributed by atoms with E-state index in [1.807, 2.05) is 6.07 Å². The normalized spacial score (nSPS) is 11.6. The lowest BCUT2D eigenvalue weighted by Crippen LogP contribution is -2.32. The van der Waals surface area contributed by atoms with Crippen molar-refractivity contribution in [2.24, 2.45) is 0 Å². The van der Waals surface area contributed by atoms with Crippen LogP contribution in [0.2, 0.25) is 0 Å². The Balaban J connectivity index is 1.99. The van der Waals surface area contributed by atoms with Gasteiger partial charge >= 0.3 is 0 Å². The highest BCUT2D eigenvalue weighted by atomic mass is 32.2. The highest BCUT2D eigenvalue weighted by Crippen LogP contribution is 2.23. The predicted molar refractivity (Wildman–Crippen MR) is 87.1 cm³/mol. The zero-order chi connectivity index (χ0) is 16.8. The van der Waals surface area contributed by atoms with Crippen molar-refractivity contribution in [1.29, 1.82) is 5.26 Å². The van der Waals surface area contributed by atoms with Crippen LogP contribution in [0.5, 0.6) is 0 Å². The fraction of sp³-hybridized carbons (Fsp3) is 0.235. The molecule has 118 valence electrons. The molecule has 0 fully saturated rings. The van der Waals surface area contributed by atoms with Gasteiger partial charge in [0, 0.05) is 19.8 Å². The number of aromatic nitrogens is 1. The van der Waals surface area contributed by atoms with Crippen LogP contribution in [0.3, 0.4) is 0 Å². The van der Waals surface area contributed by atoms with Crippen LogP contribution in [-0.4, -0.2) is 28.1 Å². The van der Waals surface area contributed by atoms with E-state index in [-0.39, 0.29) is 17.0 Å². The Labute approximate surface area is 139 Å². The van der Waals surface area contributed by atoms with Gasteiger partial charge in [0.15, 0.2) is 0 Å². The van der Waals surface area contributed by atoms with E-state index in [4.69, 9.17) is 5.26 Å². The third-order valence-electron chi connectivity index (χ3n) is 3.19. The first-order valence-electron chi connectivity index (χ1n) is 7.02. The molecule has 2 rings (SSSR count). The quantitative estimate of drug-likeness (QED) is 0.790. The Kier molecular flexibility index (Phi) is 5.72. The van der Waals surface area contributed by atoms with E-state index in [2.05, 4.69) is 4.98 Å². The van der Waals surface area contributed by atoms with E-state index in [0.29, 0.717) is 17.1 Å². The van der Waals surface area contributed by atoms with Gasteiger partial charge in [-0.1, -0.05) is 23.9 Å². The SMILES string of the molecule is CC(Sc1cc(C#N)ccn1)C(=O)N(C)Cc1cccc(F)c1. The summed E-state index contributed by atoms with van der Waals surface area (Å²) in [4.78, 5) is 18.1. The van der Waals surface area contributed by atoms with Crippen molar-refractivity contribution in [1.82, 2.24) is 9.88 Å². The number of pyridine rings is 1. The summed E-state index contributed by atoms with van der Waals surface area (Å²) in [6, 6.07) is 11.5. The Morgan fingerprint density at radius 1 is 1.43 bits per heavy atom. The molecule has 1 heterocycles. The summed E-state index contributed by atoms with van der Waals surface area (Å²) in [5.41, 5.74) is 1.25. The molecule has 23 heavy (non-hydrogen) atoms. The largest absolute Gasteiger partial charge is 0.340 e. The molecule has 0 spiro atoms. The maximum Gasteiger partial charge on any atom is 0.235 e. The van der Waals surface area contributed by atoms with Crippen LogP contribution < -0.4 is 0 Å². The van der Waals surface area contributed by atoms with E-state index >= 15 is 0 Å². The van der Waals surface area contributed by atoms with Crippen LogP contribution in [-0.2, 0) is 11.3 Å². The van der Waals surface area contributed by atoms with Crippen LogP contribution in [0.1, 0.15) is 18.1 Å². The zero-order valence-electron chi connectivity index (χ0n) is 12.9. The number of carbonyl (C=O) groups is 1. The molecule has 4 nitrogen and oxygen atoms in total. The number of nitriles is 1. The number of thioether (sulfide) groups is 1. The molecular formula is C17H16FN3OS. The van der Waals surface area contributed by atoms with Gasteiger partial charge in [-0.05, 0) is 36.8 Å². The molecule has 0 bridgehead atoms. The third-order valence-corrected chi connectivity index (χ3v) is 4.21. The summed E-state index contributed by atoms with van der Waals surface area (Å²) in [6.45, 7) is 2.13. The molecular weight excluding hydrogens is 313 g/mol. The average Bonchev–Trinajstić information content (AvgIpc) is 2.54. The van der Waals surface area contributed by atoms with Crippen molar-refractivity contribution >= 4 is 17.7 Å². The molecule has 0 radical (unpaired) electrons. The minimum atomic E-state index is -0.352. The topological polar surface area (TPSA) is 57.0 Å². The molecule has 0 saturated heterocycles. The molecule has 0 aliphatic heterocycles. The minimum Gasteiger partial charge on any atom is -0.340 e. The lowest BCUT2D eigenvalue weighted by atomic mass is 10.2. The average molecular weight is 329 g/mol. The zero-order valence-corrected chi connectivity index (χ0v) is 13.7. The number of benzene rings is 1. The van der Waals surface area contributed by atoms with Crippen molar-refractivity contribution in [2.75, 3.05) is 7.05 Å². The van der Waals surface area contributed by atoms with Gasteiger partial charge in [0.25, 0.3) is 0 Å².